The minimum atomic E-state index is -0.886. The van der Waals surface area contributed by atoms with Gasteiger partial charge in [0, 0.05) is 30.9 Å². The summed E-state index contributed by atoms with van der Waals surface area (Å²) in [7, 11) is 1.36. The molecule has 0 bridgehead atoms. The molecule has 2 fully saturated rings. The van der Waals surface area contributed by atoms with E-state index in [2.05, 4.69) is 10.1 Å². The smallest absolute Gasteiger partial charge is 0.305 e. The van der Waals surface area contributed by atoms with Gasteiger partial charge in [0.05, 0.1) is 13.2 Å². The van der Waals surface area contributed by atoms with E-state index in [4.69, 9.17) is 10.5 Å². The molecule has 2 rings (SSSR count). The van der Waals surface area contributed by atoms with E-state index in [9.17, 15) is 9.59 Å². The van der Waals surface area contributed by atoms with Crippen molar-refractivity contribution in [2.24, 2.45) is 17.1 Å². The average Bonchev–Trinajstić information content (AvgIpc) is 2.50. The number of methoxy groups -OCH3 is 1. The molecule has 21 heavy (non-hydrogen) atoms. The lowest BCUT2D eigenvalue weighted by Gasteiger charge is -2.65. The number of fused-ring (bicyclic) bond motifs is 1. The summed E-state index contributed by atoms with van der Waals surface area (Å²) in [6.45, 7) is 5.17. The van der Waals surface area contributed by atoms with E-state index in [0.717, 1.165) is 19.4 Å². The van der Waals surface area contributed by atoms with Crippen molar-refractivity contribution in [3.8, 4) is 0 Å². The van der Waals surface area contributed by atoms with Crippen molar-refractivity contribution in [3.05, 3.63) is 0 Å². The largest absolute Gasteiger partial charge is 0.469 e. The monoisotopic (exact) mass is 298 g/mol. The second-order valence-corrected chi connectivity index (χ2v) is 6.57. The number of hydrogen-bond donors (Lipinski definition) is 2. The highest BCUT2D eigenvalue weighted by Crippen LogP contribution is 2.57. The number of nitrogens with one attached hydrogen (secondary N) is 1. The Morgan fingerprint density at radius 3 is 2.81 bits per heavy atom. The predicted octanol–water partition coefficient (Wildman–Crippen LogP) is 0.588. The minimum Gasteiger partial charge on any atom is -0.469 e. The first-order chi connectivity index (χ1) is 9.85. The second-order valence-electron chi connectivity index (χ2n) is 6.57. The first kappa shape index (κ1) is 16.2. The van der Waals surface area contributed by atoms with Crippen LogP contribution in [0.15, 0.2) is 0 Å². The molecular formula is C15H26N2O4. The van der Waals surface area contributed by atoms with Crippen LogP contribution in [0.5, 0.6) is 0 Å². The van der Waals surface area contributed by atoms with Crippen LogP contribution < -0.4 is 11.1 Å². The van der Waals surface area contributed by atoms with Gasteiger partial charge in [0.2, 0.25) is 5.91 Å². The molecule has 6 nitrogen and oxygen atoms in total. The molecule has 3 atom stereocenters. The maximum absolute atomic E-state index is 12.5. The molecule has 1 aliphatic heterocycles. The molecule has 2 aliphatic rings. The number of nitrogens with two attached hydrogens (primary N) is 1. The lowest BCUT2D eigenvalue weighted by molar-refractivity contribution is -0.225. The Kier molecular flexibility index (Phi) is 4.58. The predicted molar refractivity (Wildman–Crippen MR) is 77.4 cm³/mol. The maximum Gasteiger partial charge on any atom is 0.305 e. The van der Waals surface area contributed by atoms with Crippen LogP contribution in [0.25, 0.3) is 0 Å². The standard InChI is InChI=1S/C15H26N2O4/c1-14(2)12-10(6-5-9-21-12)15(14,16)13(19)17-8-4-7-11(18)20-3/h10,12H,4-9,16H2,1-3H3,(H,17,19). The molecule has 3 N–H and O–H groups in total. The molecule has 0 radical (unpaired) electrons. The van der Waals surface area contributed by atoms with Crippen molar-refractivity contribution in [1.82, 2.24) is 5.32 Å². The van der Waals surface area contributed by atoms with Crippen molar-refractivity contribution < 1.29 is 19.1 Å². The topological polar surface area (TPSA) is 90.7 Å². The first-order valence-corrected chi connectivity index (χ1v) is 7.61. The van der Waals surface area contributed by atoms with Gasteiger partial charge in [-0.3, -0.25) is 9.59 Å². The number of ether oxygens (including phenoxy) is 2. The van der Waals surface area contributed by atoms with Crippen molar-refractivity contribution in [2.45, 2.75) is 51.2 Å². The number of rotatable bonds is 5. The Bertz CT molecular complexity index is 424. The maximum atomic E-state index is 12.5. The second kappa shape index (κ2) is 5.93. The highest BCUT2D eigenvalue weighted by Gasteiger charge is 2.70. The summed E-state index contributed by atoms with van der Waals surface area (Å²) in [6.07, 6.45) is 2.80. The summed E-state index contributed by atoms with van der Waals surface area (Å²) in [5.41, 5.74) is 5.21. The molecule has 6 heteroatoms. The zero-order valence-electron chi connectivity index (χ0n) is 13.1. The Morgan fingerprint density at radius 2 is 2.14 bits per heavy atom. The van der Waals surface area contributed by atoms with Gasteiger partial charge in [-0.1, -0.05) is 13.8 Å². The van der Waals surface area contributed by atoms with Crippen molar-refractivity contribution in [2.75, 3.05) is 20.3 Å². The van der Waals surface area contributed by atoms with E-state index in [1.807, 2.05) is 13.8 Å². The molecule has 120 valence electrons. The SMILES string of the molecule is COC(=O)CCCNC(=O)C1(N)C2CCCOC2C1(C)C. The Balaban J connectivity index is 1.90. The lowest BCUT2D eigenvalue weighted by atomic mass is 9.46. The van der Waals surface area contributed by atoms with E-state index in [1.165, 1.54) is 7.11 Å². The van der Waals surface area contributed by atoms with Crippen LogP contribution in [0.3, 0.4) is 0 Å². The summed E-state index contributed by atoms with van der Waals surface area (Å²) in [6, 6.07) is 0. The first-order valence-electron chi connectivity index (χ1n) is 7.61. The van der Waals surface area contributed by atoms with E-state index >= 15 is 0 Å². The molecule has 0 aromatic carbocycles. The number of esters is 1. The van der Waals surface area contributed by atoms with Crippen molar-refractivity contribution in [3.63, 3.8) is 0 Å². The van der Waals surface area contributed by atoms with Gasteiger partial charge in [0.25, 0.3) is 0 Å². The van der Waals surface area contributed by atoms with Crippen molar-refractivity contribution >= 4 is 11.9 Å². The zero-order chi connectivity index (χ0) is 15.7. The quantitative estimate of drug-likeness (QED) is 0.572. The minimum absolute atomic E-state index is 0.0667. The molecular weight excluding hydrogens is 272 g/mol. The fraction of sp³-hybridized carbons (Fsp3) is 0.867. The third-order valence-corrected chi connectivity index (χ3v) is 5.13. The number of hydrogen-bond acceptors (Lipinski definition) is 5. The van der Waals surface area contributed by atoms with E-state index in [0.29, 0.717) is 19.4 Å². The summed E-state index contributed by atoms with van der Waals surface area (Å²) in [4.78, 5) is 23.6. The number of carbonyl (C=O) groups is 2. The Morgan fingerprint density at radius 1 is 1.43 bits per heavy atom. The summed E-state index contributed by atoms with van der Waals surface area (Å²) in [5, 5.41) is 2.87. The number of carbonyl (C=O) groups excluding carboxylic acids is 2. The van der Waals surface area contributed by atoms with Crippen LogP contribution in [0, 0.1) is 11.3 Å². The van der Waals surface area contributed by atoms with Gasteiger partial charge < -0.3 is 20.5 Å². The Hall–Kier alpha value is -1.14. The van der Waals surface area contributed by atoms with Crippen LogP contribution in [-0.4, -0.2) is 43.8 Å². The Labute approximate surface area is 125 Å². The molecule has 1 aliphatic carbocycles. The van der Waals surface area contributed by atoms with Gasteiger partial charge >= 0.3 is 5.97 Å². The summed E-state index contributed by atoms with van der Waals surface area (Å²) >= 11 is 0. The van der Waals surface area contributed by atoms with E-state index in [-0.39, 0.29) is 29.3 Å². The van der Waals surface area contributed by atoms with Gasteiger partial charge in [-0.2, -0.15) is 0 Å². The van der Waals surface area contributed by atoms with Crippen LogP contribution in [0.1, 0.15) is 39.5 Å². The molecule has 1 saturated heterocycles. The number of amides is 1. The van der Waals surface area contributed by atoms with Gasteiger partial charge in [-0.25, -0.2) is 0 Å². The van der Waals surface area contributed by atoms with E-state index < -0.39 is 5.54 Å². The molecule has 0 aromatic heterocycles. The molecule has 0 spiro atoms. The highest BCUT2D eigenvalue weighted by atomic mass is 16.5. The summed E-state index contributed by atoms with van der Waals surface area (Å²) < 4.78 is 10.4. The van der Waals surface area contributed by atoms with E-state index in [1.54, 1.807) is 0 Å². The van der Waals surface area contributed by atoms with Crippen LogP contribution in [0.2, 0.25) is 0 Å². The molecule has 1 saturated carbocycles. The zero-order valence-corrected chi connectivity index (χ0v) is 13.1. The van der Waals surface area contributed by atoms with Crippen molar-refractivity contribution in [1.29, 1.82) is 0 Å². The fourth-order valence-electron chi connectivity index (χ4n) is 3.72. The molecule has 1 amide bonds. The summed E-state index contributed by atoms with van der Waals surface area (Å²) in [5.74, 6) is -0.317. The molecule has 3 unspecified atom stereocenters. The fourth-order valence-corrected chi connectivity index (χ4v) is 3.72. The molecule has 1 heterocycles. The lowest BCUT2D eigenvalue weighted by Crippen LogP contribution is -2.82. The molecule has 0 aromatic rings. The van der Waals surface area contributed by atoms with Crippen LogP contribution in [-0.2, 0) is 19.1 Å². The normalized spacial score (nSPS) is 33.5. The van der Waals surface area contributed by atoms with Gasteiger partial charge in [-0.05, 0) is 19.3 Å². The van der Waals surface area contributed by atoms with Gasteiger partial charge in [-0.15, -0.1) is 0 Å². The van der Waals surface area contributed by atoms with Crippen LogP contribution in [0.4, 0.5) is 0 Å². The average molecular weight is 298 g/mol. The van der Waals surface area contributed by atoms with Gasteiger partial charge in [0.1, 0.15) is 5.54 Å². The third kappa shape index (κ3) is 2.55. The third-order valence-electron chi connectivity index (χ3n) is 5.13. The highest BCUT2D eigenvalue weighted by molar-refractivity contribution is 5.89. The van der Waals surface area contributed by atoms with Crippen LogP contribution >= 0.6 is 0 Å². The van der Waals surface area contributed by atoms with Gasteiger partial charge in [0.15, 0.2) is 0 Å².